The van der Waals surface area contributed by atoms with Gasteiger partial charge in [-0.15, -0.1) is 0 Å². The van der Waals surface area contributed by atoms with Crippen LogP contribution in [0.4, 0.5) is 5.69 Å². The number of benzene rings is 2. The molecule has 4 rings (SSSR count). The highest BCUT2D eigenvalue weighted by molar-refractivity contribution is 7.91. The number of rotatable bonds is 5. The van der Waals surface area contributed by atoms with Crippen molar-refractivity contribution in [3.8, 4) is 11.5 Å². The zero-order chi connectivity index (χ0) is 19.7. The number of hydrogen-bond donors (Lipinski definition) is 0. The summed E-state index contributed by atoms with van der Waals surface area (Å²) < 4.78 is 38.2. The predicted molar refractivity (Wildman–Crippen MR) is 108 cm³/mol. The maximum Gasteiger partial charge on any atom is 0.210 e. The maximum atomic E-state index is 13.4. The van der Waals surface area contributed by atoms with E-state index in [0.29, 0.717) is 49.0 Å². The van der Waals surface area contributed by atoms with Gasteiger partial charge in [-0.05, 0) is 32.0 Å². The molecule has 146 valence electrons. The molecule has 7 heteroatoms. The van der Waals surface area contributed by atoms with Gasteiger partial charge in [-0.25, -0.2) is 8.42 Å². The van der Waals surface area contributed by atoms with Crippen LogP contribution in [0.25, 0.3) is 10.9 Å². The molecule has 0 amide bonds. The van der Waals surface area contributed by atoms with Gasteiger partial charge < -0.3 is 14.4 Å². The summed E-state index contributed by atoms with van der Waals surface area (Å²) in [5.41, 5.74) is 1.33. The van der Waals surface area contributed by atoms with Gasteiger partial charge in [0.05, 0.1) is 16.1 Å². The Labute approximate surface area is 164 Å². The first-order chi connectivity index (χ1) is 13.6. The molecule has 1 aromatic heterocycles. The van der Waals surface area contributed by atoms with Crippen molar-refractivity contribution in [2.45, 2.75) is 23.6 Å². The summed E-state index contributed by atoms with van der Waals surface area (Å²) in [7, 11) is -3.72. The summed E-state index contributed by atoms with van der Waals surface area (Å²) in [6.07, 6.45) is 1.45. The Kier molecular flexibility index (Phi) is 4.85. The molecule has 6 nitrogen and oxygen atoms in total. The zero-order valence-corrected chi connectivity index (χ0v) is 16.7. The monoisotopic (exact) mass is 398 g/mol. The third-order valence-electron chi connectivity index (χ3n) is 4.89. The molecule has 0 atom stereocenters. The molecule has 0 radical (unpaired) electrons. The van der Waals surface area contributed by atoms with E-state index >= 15 is 0 Å². The van der Waals surface area contributed by atoms with E-state index in [4.69, 9.17) is 9.47 Å². The molecule has 1 aliphatic rings. The summed E-state index contributed by atoms with van der Waals surface area (Å²) in [6.45, 7) is 6.30. The molecule has 0 fully saturated rings. The van der Waals surface area contributed by atoms with Crippen LogP contribution in [0.2, 0.25) is 0 Å². The quantitative estimate of drug-likeness (QED) is 0.653. The average Bonchev–Trinajstić information content (AvgIpc) is 2.73. The standard InChI is InChI=1S/C21H22N2O4S/c1-3-23(4-2)21-16-12-18-19(27-11-10-26-18)13-17(16)22-14-20(21)28(24,25)15-8-6-5-7-9-15/h5-9,12-14H,3-4,10-11H2,1-2H3. The lowest BCUT2D eigenvalue weighted by Crippen LogP contribution is -2.25. The molecular formula is C21H22N2O4S. The van der Waals surface area contributed by atoms with Crippen LogP contribution in [0, 0.1) is 0 Å². The number of ether oxygens (including phenoxy) is 2. The minimum atomic E-state index is -3.72. The normalized spacial score (nSPS) is 13.5. The van der Waals surface area contributed by atoms with Crippen LogP contribution in [0.5, 0.6) is 11.5 Å². The van der Waals surface area contributed by atoms with Gasteiger partial charge in [0.15, 0.2) is 11.5 Å². The fourth-order valence-electron chi connectivity index (χ4n) is 3.49. The Balaban J connectivity index is 2.02. The van der Waals surface area contributed by atoms with Crippen molar-refractivity contribution < 1.29 is 17.9 Å². The van der Waals surface area contributed by atoms with Gasteiger partial charge in [0.1, 0.15) is 18.1 Å². The smallest absolute Gasteiger partial charge is 0.210 e. The average molecular weight is 398 g/mol. The summed E-state index contributed by atoms with van der Waals surface area (Å²) in [6, 6.07) is 12.1. The number of nitrogens with zero attached hydrogens (tertiary/aromatic N) is 2. The van der Waals surface area contributed by atoms with Gasteiger partial charge in [-0.2, -0.15) is 0 Å². The SMILES string of the molecule is CCN(CC)c1c(S(=O)(=O)c2ccccc2)cnc2cc3c(cc12)OCCO3. The molecule has 3 aromatic rings. The molecule has 0 aliphatic carbocycles. The lowest BCUT2D eigenvalue weighted by atomic mass is 10.1. The molecule has 0 spiro atoms. The van der Waals surface area contributed by atoms with Crippen molar-refractivity contribution in [2.24, 2.45) is 0 Å². The fourth-order valence-corrected chi connectivity index (χ4v) is 4.94. The Morgan fingerprint density at radius 1 is 1.00 bits per heavy atom. The summed E-state index contributed by atoms with van der Waals surface area (Å²) >= 11 is 0. The largest absolute Gasteiger partial charge is 0.486 e. The minimum absolute atomic E-state index is 0.201. The van der Waals surface area contributed by atoms with Crippen LogP contribution in [-0.4, -0.2) is 39.7 Å². The van der Waals surface area contributed by atoms with Crippen LogP contribution in [0.3, 0.4) is 0 Å². The Morgan fingerprint density at radius 2 is 1.64 bits per heavy atom. The number of anilines is 1. The number of hydrogen-bond acceptors (Lipinski definition) is 6. The Bertz CT molecular complexity index is 1110. The van der Waals surface area contributed by atoms with E-state index in [2.05, 4.69) is 4.98 Å². The third kappa shape index (κ3) is 3.05. The van der Waals surface area contributed by atoms with Crippen molar-refractivity contribution in [1.82, 2.24) is 4.98 Å². The van der Waals surface area contributed by atoms with Crippen molar-refractivity contribution in [1.29, 1.82) is 0 Å². The minimum Gasteiger partial charge on any atom is -0.486 e. The van der Waals surface area contributed by atoms with Gasteiger partial charge in [0.2, 0.25) is 9.84 Å². The van der Waals surface area contributed by atoms with E-state index in [-0.39, 0.29) is 9.79 Å². The predicted octanol–water partition coefficient (Wildman–Crippen LogP) is 3.69. The first-order valence-electron chi connectivity index (χ1n) is 9.33. The first kappa shape index (κ1) is 18.6. The molecule has 2 heterocycles. The molecule has 0 saturated heterocycles. The third-order valence-corrected chi connectivity index (χ3v) is 6.66. The highest BCUT2D eigenvalue weighted by Gasteiger charge is 2.27. The van der Waals surface area contributed by atoms with E-state index < -0.39 is 9.84 Å². The van der Waals surface area contributed by atoms with Crippen molar-refractivity contribution in [2.75, 3.05) is 31.2 Å². The van der Waals surface area contributed by atoms with Gasteiger partial charge in [0.25, 0.3) is 0 Å². The molecule has 2 aromatic carbocycles. The van der Waals surface area contributed by atoms with E-state index in [1.165, 1.54) is 6.20 Å². The molecule has 0 N–H and O–H groups in total. The summed E-state index contributed by atoms with van der Waals surface area (Å²) in [5.74, 6) is 1.25. The zero-order valence-electron chi connectivity index (χ0n) is 15.9. The van der Waals surface area contributed by atoms with Crippen LogP contribution >= 0.6 is 0 Å². The van der Waals surface area contributed by atoms with E-state index in [9.17, 15) is 8.42 Å². The second kappa shape index (κ2) is 7.31. The number of fused-ring (bicyclic) bond motifs is 2. The summed E-state index contributed by atoms with van der Waals surface area (Å²) in [5, 5.41) is 0.741. The topological polar surface area (TPSA) is 68.7 Å². The molecule has 0 unspecified atom stereocenters. The Hall–Kier alpha value is -2.80. The second-order valence-electron chi connectivity index (χ2n) is 6.47. The first-order valence-corrected chi connectivity index (χ1v) is 10.8. The molecule has 1 aliphatic heterocycles. The van der Waals surface area contributed by atoms with Crippen molar-refractivity contribution >= 4 is 26.4 Å². The highest BCUT2D eigenvalue weighted by Crippen LogP contribution is 2.41. The number of sulfone groups is 1. The summed E-state index contributed by atoms with van der Waals surface area (Å²) in [4.78, 5) is 6.94. The van der Waals surface area contributed by atoms with E-state index in [1.54, 1.807) is 30.3 Å². The molecule has 28 heavy (non-hydrogen) atoms. The lowest BCUT2D eigenvalue weighted by Gasteiger charge is -2.26. The van der Waals surface area contributed by atoms with Crippen LogP contribution in [0.15, 0.2) is 58.5 Å². The second-order valence-corrected chi connectivity index (χ2v) is 8.39. The fraction of sp³-hybridized carbons (Fsp3) is 0.286. The Morgan fingerprint density at radius 3 is 2.29 bits per heavy atom. The van der Waals surface area contributed by atoms with Crippen LogP contribution in [0.1, 0.15) is 13.8 Å². The van der Waals surface area contributed by atoms with Gasteiger partial charge in [0, 0.05) is 30.7 Å². The molecular weight excluding hydrogens is 376 g/mol. The van der Waals surface area contributed by atoms with Crippen molar-refractivity contribution in [3.63, 3.8) is 0 Å². The number of aromatic nitrogens is 1. The maximum absolute atomic E-state index is 13.4. The van der Waals surface area contributed by atoms with Crippen LogP contribution < -0.4 is 14.4 Å². The highest BCUT2D eigenvalue weighted by atomic mass is 32.2. The van der Waals surface area contributed by atoms with E-state index in [0.717, 1.165) is 5.39 Å². The van der Waals surface area contributed by atoms with Gasteiger partial charge in [-0.1, -0.05) is 18.2 Å². The molecule has 0 saturated carbocycles. The van der Waals surface area contributed by atoms with Gasteiger partial charge >= 0.3 is 0 Å². The number of pyridine rings is 1. The van der Waals surface area contributed by atoms with Gasteiger partial charge in [-0.3, -0.25) is 4.98 Å². The van der Waals surface area contributed by atoms with E-state index in [1.807, 2.05) is 30.9 Å². The molecule has 0 bridgehead atoms. The van der Waals surface area contributed by atoms with Crippen LogP contribution in [-0.2, 0) is 9.84 Å². The van der Waals surface area contributed by atoms with Crippen molar-refractivity contribution in [3.05, 3.63) is 48.7 Å². The lowest BCUT2D eigenvalue weighted by molar-refractivity contribution is 0.172.